The molecule has 114 valence electrons. The van der Waals surface area contributed by atoms with Crippen LogP contribution in [0.3, 0.4) is 0 Å². The molecule has 0 aliphatic carbocycles. The van der Waals surface area contributed by atoms with Crippen molar-refractivity contribution in [3.05, 3.63) is 29.8 Å². The lowest BCUT2D eigenvalue weighted by molar-refractivity contribution is -0.140. The van der Waals surface area contributed by atoms with Gasteiger partial charge in [-0.1, -0.05) is 32.9 Å². The maximum Gasteiger partial charge on any atom is 0.256 e. The third-order valence-corrected chi connectivity index (χ3v) is 3.69. The number of nitrogens with two attached hydrogens (primary N) is 1. The Morgan fingerprint density at radius 1 is 1.00 bits per heavy atom. The summed E-state index contributed by atoms with van der Waals surface area (Å²) in [5.41, 5.74) is 6.50. The molecule has 5 heteroatoms. The van der Waals surface area contributed by atoms with Gasteiger partial charge in [-0.3, -0.25) is 9.59 Å². The Bertz CT molecular complexity index is 541. The fraction of sp³-hybridized carbons (Fsp3) is 0.500. The van der Waals surface area contributed by atoms with Crippen molar-refractivity contribution in [3.8, 4) is 0 Å². The van der Waals surface area contributed by atoms with E-state index in [4.69, 9.17) is 5.73 Å². The van der Waals surface area contributed by atoms with Crippen LogP contribution in [0.25, 0.3) is 0 Å². The van der Waals surface area contributed by atoms with Crippen molar-refractivity contribution in [1.82, 2.24) is 9.80 Å². The van der Waals surface area contributed by atoms with Crippen molar-refractivity contribution >= 4 is 17.5 Å². The quantitative estimate of drug-likeness (QED) is 0.799. The summed E-state index contributed by atoms with van der Waals surface area (Å²) in [5, 5.41) is 0. The Hall–Kier alpha value is -2.04. The first-order chi connectivity index (χ1) is 9.80. The van der Waals surface area contributed by atoms with Gasteiger partial charge in [0.1, 0.15) is 0 Å². The first-order valence-electron chi connectivity index (χ1n) is 7.24. The largest absolute Gasteiger partial charge is 0.398 e. The molecule has 0 bridgehead atoms. The van der Waals surface area contributed by atoms with E-state index in [2.05, 4.69) is 0 Å². The number of hydrogen-bond donors (Lipinski definition) is 1. The van der Waals surface area contributed by atoms with Gasteiger partial charge in [0.2, 0.25) is 5.91 Å². The molecule has 0 spiro atoms. The molecule has 2 amide bonds. The number of amides is 2. The van der Waals surface area contributed by atoms with Gasteiger partial charge in [0.15, 0.2) is 0 Å². The van der Waals surface area contributed by atoms with Crippen LogP contribution in [0.15, 0.2) is 24.3 Å². The standard InChI is InChI=1S/C16H23N3O2/c1-16(2,3)15(21)19-10-8-18(9-11-19)14(20)12-6-4-5-7-13(12)17/h4-7H,8-11,17H2,1-3H3. The van der Waals surface area contributed by atoms with Gasteiger partial charge in [0.25, 0.3) is 5.91 Å². The molecule has 1 aromatic carbocycles. The van der Waals surface area contributed by atoms with Gasteiger partial charge in [-0.2, -0.15) is 0 Å². The van der Waals surface area contributed by atoms with Crippen molar-refractivity contribution in [3.63, 3.8) is 0 Å². The summed E-state index contributed by atoms with van der Waals surface area (Å²) in [6.45, 7) is 8.00. The van der Waals surface area contributed by atoms with Gasteiger partial charge >= 0.3 is 0 Å². The summed E-state index contributed by atoms with van der Waals surface area (Å²) in [4.78, 5) is 28.3. The number of benzene rings is 1. The molecule has 1 heterocycles. The molecule has 0 aromatic heterocycles. The van der Waals surface area contributed by atoms with Gasteiger partial charge in [0, 0.05) is 37.3 Å². The highest BCUT2D eigenvalue weighted by Crippen LogP contribution is 2.20. The average molecular weight is 289 g/mol. The summed E-state index contributed by atoms with van der Waals surface area (Å²) in [7, 11) is 0. The second-order valence-electron chi connectivity index (χ2n) is 6.42. The summed E-state index contributed by atoms with van der Waals surface area (Å²) in [5.74, 6) is 0.0739. The van der Waals surface area contributed by atoms with Crippen molar-refractivity contribution in [1.29, 1.82) is 0 Å². The van der Waals surface area contributed by atoms with Gasteiger partial charge in [0.05, 0.1) is 5.56 Å². The lowest BCUT2D eigenvalue weighted by Gasteiger charge is -2.37. The van der Waals surface area contributed by atoms with E-state index in [1.165, 1.54) is 0 Å². The molecule has 0 radical (unpaired) electrons. The molecule has 1 aromatic rings. The maximum atomic E-state index is 12.4. The summed E-state index contributed by atoms with van der Waals surface area (Å²) in [6, 6.07) is 7.09. The van der Waals surface area contributed by atoms with E-state index in [0.29, 0.717) is 37.4 Å². The topological polar surface area (TPSA) is 66.6 Å². The zero-order valence-corrected chi connectivity index (χ0v) is 12.9. The minimum Gasteiger partial charge on any atom is -0.398 e. The molecular formula is C16H23N3O2. The van der Waals surface area contributed by atoms with Gasteiger partial charge in [-0.05, 0) is 12.1 Å². The number of carbonyl (C=O) groups excluding carboxylic acids is 2. The van der Waals surface area contributed by atoms with Crippen LogP contribution in [0.5, 0.6) is 0 Å². The number of carbonyl (C=O) groups is 2. The lowest BCUT2D eigenvalue weighted by atomic mass is 9.94. The van der Waals surface area contributed by atoms with E-state index >= 15 is 0 Å². The number of hydrogen-bond acceptors (Lipinski definition) is 3. The zero-order chi connectivity index (χ0) is 15.6. The minimum absolute atomic E-state index is 0.0593. The van der Waals surface area contributed by atoms with E-state index in [0.717, 1.165) is 0 Å². The second-order valence-corrected chi connectivity index (χ2v) is 6.42. The van der Waals surface area contributed by atoms with Crippen LogP contribution in [0.2, 0.25) is 0 Å². The van der Waals surface area contributed by atoms with Crippen LogP contribution < -0.4 is 5.73 Å². The highest BCUT2D eigenvalue weighted by molar-refractivity contribution is 5.99. The van der Waals surface area contributed by atoms with Crippen molar-refractivity contribution in [2.45, 2.75) is 20.8 Å². The number of para-hydroxylation sites is 1. The molecule has 1 fully saturated rings. The van der Waals surface area contributed by atoms with Crippen LogP contribution in [-0.2, 0) is 4.79 Å². The molecule has 2 N–H and O–H groups in total. The molecule has 1 aliphatic heterocycles. The molecule has 1 saturated heterocycles. The minimum atomic E-state index is -0.379. The Labute approximate surface area is 125 Å². The Morgan fingerprint density at radius 3 is 2.05 bits per heavy atom. The molecular weight excluding hydrogens is 266 g/mol. The molecule has 21 heavy (non-hydrogen) atoms. The van der Waals surface area contributed by atoms with Crippen LogP contribution in [0.1, 0.15) is 31.1 Å². The molecule has 0 saturated carbocycles. The van der Waals surface area contributed by atoms with Crippen LogP contribution >= 0.6 is 0 Å². The smallest absolute Gasteiger partial charge is 0.256 e. The van der Waals surface area contributed by atoms with Crippen molar-refractivity contribution in [2.24, 2.45) is 5.41 Å². The molecule has 0 unspecified atom stereocenters. The Morgan fingerprint density at radius 2 is 1.52 bits per heavy atom. The Balaban J connectivity index is 2.00. The number of nitrogens with zero attached hydrogens (tertiary/aromatic N) is 2. The third kappa shape index (κ3) is 3.35. The number of anilines is 1. The SMILES string of the molecule is CC(C)(C)C(=O)N1CCN(C(=O)c2ccccc2N)CC1. The molecule has 5 nitrogen and oxygen atoms in total. The molecule has 1 aliphatic rings. The van der Waals surface area contributed by atoms with E-state index in [1.807, 2.05) is 37.8 Å². The van der Waals surface area contributed by atoms with E-state index in [1.54, 1.807) is 17.0 Å². The van der Waals surface area contributed by atoms with Crippen molar-refractivity contribution < 1.29 is 9.59 Å². The maximum absolute atomic E-state index is 12.4. The monoisotopic (exact) mass is 289 g/mol. The van der Waals surface area contributed by atoms with Gasteiger partial charge in [-0.15, -0.1) is 0 Å². The number of piperazine rings is 1. The zero-order valence-electron chi connectivity index (χ0n) is 12.9. The predicted molar refractivity (Wildman–Crippen MR) is 82.8 cm³/mol. The first-order valence-corrected chi connectivity index (χ1v) is 7.24. The van der Waals surface area contributed by atoms with Gasteiger partial charge < -0.3 is 15.5 Å². The molecule has 0 atom stereocenters. The third-order valence-electron chi connectivity index (χ3n) is 3.69. The van der Waals surface area contributed by atoms with E-state index in [9.17, 15) is 9.59 Å². The second kappa shape index (κ2) is 5.76. The Kier molecular flexibility index (Phi) is 4.21. The fourth-order valence-corrected chi connectivity index (χ4v) is 2.45. The normalized spacial score (nSPS) is 16.0. The van der Waals surface area contributed by atoms with Gasteiger partial charge in [-0.25, -0.2) is 0 Å². The lowest BCUT2D eigenvalue weighted by Crippen LogP contribution is -2.53. The van der Waals surface area contributed by atoms with Crippen LogP contribution in [0, 0.1) is 5.41 Å². The molecule has 2 rings (SSSR count). The van der Waals surface area contributed by atoms with E-state index in [-0.39, 0.29) is 17.2 Å². The fourth-order valence-electron chi connectivity index (χ4n) is 2.45. The first kappa shape index (κ1) is 15.4. The average Bonchev–Trinajstić information content (AvgIpc) is 2.45. The highest BCUT2D eigenvalue weighted by Gasteiger charge is 2.31. The van der Waals surface area contributed by atoms with E-state index < -0.39 is 0 Å². The van der Waals surface area contributed by atoms with Crippen molar-refractivity contribution in [2.75, 3.05) is 31.9 Å². The highest BCUT2D eigenvalue weighted by atomic mass is 16.2. The summed E-state index contributed by atoms with van der Waals surface area (Å²) >= 11 is 0. The number of nitrogen functional groups attached to an aromatic ring is 1. The summed E-state index contributed by atoms with van der Waals surface area (Å²) in [6.07, 6.45) is 0. The summed E-state index contributed by atoms with van der Waals surface area (Å²) < 4.78 is 0. The van der Waals surface area contributed by atoms with Crippen LogP contribution in [-0.4, -0.2) is 47.8 Å². The number of rotatable bonds is 1. The van der Waals surface area contributed by atoms with Crippen LogP contribution in [0.4, 0.5) is 5.69 Å². The predicted octanol–water partition coefficient (Wildman–Crippen LogP) is 1.60.